The third-order valence-corrected chi connectivity index (χ3v) is 4.86. The van der Waals surface area contributed by atoms with Crippen molar-refractivity contribution in [3.05, 3.63) is 27.0 Å². The summed E-state index contributed by atoms with van der Waals surface area (Å²) in [5.41, 5.74) is -1.05. The van der Waals surface area contributed by atoms with Crippen LogP contribution < -0.4 is 16.6 Å². The van der Waals surface area contributed by atoms with Gasteiger partial charge in [-0.05, 0) is 27.7 Å². The Hall–Kier alpha value is -1.17. The smallest absolute Gasteiger partial charge is 0.305 e. The van der Waals surface area contributed by atoms with E-state index >= 15 is 0 Å². The van der Waals surface area contributed by atoms with Crippen LogP contribution in [0.3, 0.4) is 0 Å². The molecule has 0 atom stereocenters. The molecule has 0 aliphatic rings. The zero-order chi connectivity index (χ0) is 15.3. The predicted molar refractivity (Wildman–Crippen MR) is 76.8 cm³/mol. The van der Waals surface area contributed by atoms with E-state index in [1.807, 2.05) is 0 Å². The van der Waals surface area contributed by atoms with E-state index in [1.54, 1.807) is 27.7 Å². The Morgan fingerprint density at radius 3 is 2.00 bits per heavy atom. The van der Waals surface area contributed by atoms with Gasteiger partial charge in [-0.25, -0.2) is 4.79 Å². The fourth-order valence-corrected chi connectivity index (χ4v) is 3.52. The van der Waals surface area contributed by atoms with E-state index in [1.165, 1.54) is 10.8 Å². The van der Waals surface area contributed by atoms with Gasteiger partial charge < -0.3 is 9.05 Å². The van der Waals surface area contributed by atoms with Crippen molar-refractivity contribution in [2.24, 2.45) is 0 Å². The van der Waals surface area contributed by atoms with Gasteiger partial charge in [0.05, 0.1) is 13.2 Å². The van der Waals surface area contributed by atoms with Crippen LogP contribution in [-0.4, -0.2) is 22.3 Å². The summed E-state index contributed by atoms with van der Waals surface area (Å²) in [5, 5.41) is -0.0931. The molecule has 1 heterocycles. The molecule has 0 unspecified atom stereocenters. The van der Waals surface area contributed by atoms with Crippen molar-refractivity contribution in [1.82, 2.24) is 9.13 Å². The second kappa shape index (κ2) is 7.02. The van der Waals surface area contributed by atoms with Gasteiger partial charge in [-0.1, -0.05) is 0 Å². The summed E-state index contributed by atoms with van der Waals surface area (Å²) < 4.78 is 25.4. The van der Waals surface area contributed by atoms with Crippen molar-refractivity contribution < 1.29 is 13.6 Å². The van der Waals surface area contributed by atoms with Crippen LogP contribution in [0.2, 0.25) is 0 Å². The molecule has 0 bridgehead atoms. The van der Waals surface area contributed by atoms with Crippen LogP contribution in [0, 0.1) is 0 Å². The van der Waals surface area contributed by atoms with Crippen LogP contribution in [0.15, 0.2) is 15.8 Å². The van der Waals surface area contributed by atoms with Crippen molar-refractivity contribution in [2.45, 2.75) is 40.8 Å². The first-order chi connectivity index (χ1) is 9.45. The van der Waals surface area contributed by atoms with Crippen LogP contribution >= 0.6 is 7.60 Å². The SMILES string of the molecule is CCOP(=O)(OCC)c1cn(CC)c(=O)n(CC)c1=O. The molecule has 0 saturated carbocycles. The van der Waals surface area contributed by atoms with Gasteiger partial charge in [0.1, 0.15) is 5.30 Å². The molecule has 0 spiro atoms. The maximum Gasteiger partial charge on any atom is 0.368 e. The van der Waals surface area contributed by atoms with Crippen molar-refractivity contribution in [1.29, 1.82) is 0 Å². The van der Waals surface area contributed by atoms with E-state index in [4.69, 9.17) is 9.05 Å². The lowest BCUT2D eigenvalue weighted by atomic mass is 10.5. The molecular formula is C12H21N2O5P. The standard InChI is InChI=1S/C12H21N2O5P/c1-5-13-9-10(11(15)14(6-2)12(13)16)20(17,18-7-3)19-8-4/h9H,5-8H2,1-4H3. The fourth-order valence-electron chi connectivity index (χ4n) is 1.85. The minimum atomic E-state index is -3.70. The zero-order valence-electron chi connectivity index (χ0n) is 12.3. The maximum absolute atomic E-state index is 12.7. The maximum atomic E-state index is 12.7. The molecule has 114 valence electrons. The molecule has 1 rings (SSSR count). The number of hydrogen-bond donors (Lipinski definition) is 0. The van der Waals surface area contributed by atoms with E-state index in [0.717, 1.165) is 4.57 Å². The Morgan fingerprint density at radius 1 is 1.05 bits per heavy atom. The monoisotopic (exact) mass is 304 g/mol. The zero-order valence-corrected chi connectivity index (χ0v) is 13.2. The first-order valence-corrected chi connectivity index (χ1v) is 8.23. The molecule has 0 N–H and O–H groups in total. The van der Waals surface area contributed by atoms with Gasteiger partial charge in [0.15, 0.2) is 0 Å². The lowest BCUT2D eigenvalue weighted by Gasteiger charge is -2.18. The number of nitrogens with zero attached hydrogens (tertiary/aromatic N) is 2. The molecule has 0 aliphatic carbocycles. The molecule has 0 amide bonds. The third kappa shape index (κ3) is 3.11. The summed E-state index contributed by atoms with van der Waals surface area (Å²) in [4.78, 5) is 24.3. The largest absolute Gasteiger partial charge is 0.368 e. The highest BCUT2D eigenvalue weighted by molar-refractivity contribution is 7.62. The average molecular weight is 304 g/mol. The van der Waals surface area contributed by atoms with Crippen LogP contribution in [0.5, 0.6) is 0 Å². The second-order valence-electron chi connectivity index (χ2n) is 3.97. The Morgan fingerprint density at radius 2 is 1.60 bits per heavy atom. The summed E-state index contributed by atoms with van der Waals surface area (Å²) in [6, 6.07) is 0. The van der Waals surface area contributed by atoms with Crippen LogP contribution in [-0.2, 0) is 26.7 Å². The molecular weight excluding hydrogens is 283 g/mol. The minimum absolute atomic E-state index is 0.0931. The molecule has 1 aromatic heterocycles. The molecule has 1 aromatic rings. The van der Waals surface area contributed by atoms with E-state index in [-0.39, 0.29) is 25.1 Å². The molecule has 0 radical (unpaired) electrons. The summed E-state index contributed by atoms with van der Waals surface area (Å²) in [6.45, 7) is 7.64. The van der Waals surface area contributed by atoms with Crippen molar-refractivity contribution in [3.8, 4) is 0 Å². The normalized spacial score (nSPS) is 11.8. The van der Waals surface area contributed by atoms with Gasteiger partial charge in [-0.15, -0.1) is 0 Å². The third-order valence-electron chi connectivity index (χ3n) is 2.77. The van der Waals surface area contributed by atoms with E-state index in [0.29, 0.717) is 6.54 Å². The molecule has 7 nitrogen and oxygen atoms in total. The number of aromatic nitrogens is 2. The van der Waals surface area contributed by atoms with Crippen LogP contribution in [0.4, 0.5) is 0 Å². The van der Waals surface area contributed by atoms with Gasteiger partial charge in [0, 0.05) is 19.3 Å². The number of aryl methyl sites for hydroxylation is 1. The fraction of sp³-hybridized carbons (Fsp3) is 0.667. The Bertz CT molecular complexity index is 609. The lowest BCUT2D eigenvalue weighted by Crippen LogP contribution is -2.47. The van der Waals surface area contributed by atoms with Gasteiger partial charge in [-0.3, -0.25) is 18.5 Å². The van der Waals surface area contributed by atoms with Gasteiger partial charge in [0.25, 0.3) is 5.56 Å². The Labute approximate surface area is 117 Å². The number of hydrogen-bond acceptors (Lipinski definition) is 5. The average Bonchev–Trinajstić information content (AvgIpc) is 2.40. The van der Waals surface area contributed by atoms with E-state index in [9.17, 15) is 14.2 Å². The molecule has 0 fully saturated rings. The highest BCUT2D eigenvalue weighted by atomic mass is 31.2. The predicted octanol–water partition coefficient (Wildman–Crippen LogP) is 0.941. The quantitative estimate of drug-likeness (QED) is 0.700. The Kier molecular flexibility index (Phi) is 5.92. The summed E-state index contributed by atoms with van der Waals surface area (Å²) >= 11 is 0. The highest BCUT2D eigenvalue weighted by Gasteiger charge is 2.32. The first kappa shape index (κ1) is 16.9. The van der Waals surface area contributed by atoms with Gasteiger partial charge in [0.2, 0.25) is 0 Å². The van der Waals surface area contributed by atoms with Crippen molar-refractivity contribution >= 4 is 12.9 Å². The summed E-state index contributed by atoms with van der Waals surface area (Å²) in [5.74, 6) is 0. The van der Waals surface area contributed by atoms with E-state index in [2.05, 4.69) is 0 Å². The molecule has 0 aliphatic heterocycles. The molecule has 0 aromatic carbocycles. The summed E-state index contributed by atoms with van der Waals surface area (Å²) in [6.07, 6.45) is 1.28. The number of rotatable bonds is 7. The van der Waals surface area contributed by atoms with Crippen LogP contribution in [0.1, 0.15) is 27.7 Å². The molecule has 0 saturated heterocycles. The first-order valence-electron chi connectivity index (χ1n) is 6.69. The second-order valence-corrected chi connectivity index (χ2v) is 5.96. The van der Waals surface area contributed by atoms with Crippen molar-refractivity contribution in [2.75, 3.05) is 13.2 Å². The summed E-state index contributed by atoms with van der Waals surface area (Å²) in [7, 11) is -3.70. The lowest BCUT2D eigenvalue weighted by molar-refractivity contribution is 0.229. The van der Waals surface area contributed by atoms with E-state index < -0.39 is 18.8 Å². The van der Waals surface area contributed by atoms with Gasteiger partial charge in [-0.2, -0.15) is 0 Å². The van der Waals surface area contributed by atoms with Gasteiger partial charge >= 0.3 is 13.3 Å². The molecule has 8 heteroatoms. The highest BCUT2D eigenvalue weighted by Crippen LogP contribution is 2.45. The minimum Gasteiger partial charge on any atom is -0.305 e. The Balaban J connectivity index is 3.62. The van der Waals surface area contributed by atoms with Crippen molar-refractivity contribution in [3.63, 3.8) is 0 Å². The topological polar surface area (TPSA) is 79.5 Å². The van der Waals surface area contributed by atoms with Crippen LogP contribution in [0.25, 0.3) is 0 Å². The molecule has 20 heavy (non-hydrogen) atoms.